The second-order valence-corrected chi connectivity index (χ2v) is 8.86. The number of H-pyrrole nitrogens is 1. The Kier molecular flexibility index (Phi) is 4.50. The van der Waals surface area contributed by atoms with Crippen molar-refractivity contribution < 1.29 is 13.2 Å². The van der Waals surface area contributed by atoms with Crippen LogP contribution in [0.3, 0.4) is 0 Å². The van der Waals surface area contributed by atoms with Crippen molar-refractivity contribution >= 4 is 40.7 Å². The van der Waals surface area contributed by atoms with Gasteiger partial charge in [0.15, 0.2) is 0 Å². The predicted octanol–water partition coefficient (Wildman–Crippen LogP) is 3.84. The number of aliphatic imine (C=N–C) groups is 3. The number of allylic oxidation sites excluding steroid dienone is 8. The number of alkyl halides is 3. The fourth-order valence-electron chi connectivity index (χ4n) is 4.74. The van der Waals surface area contributed by atoms with Crippen LogP contribution >= 0.6 is 0 Å². The first-order valence-electron chi connectivity index (χ1n) is 11.5. The summed E-state index contributed by atoms with van der Waals surface area (Å²) in [5, 5.41) is 1.77. The topological polar surface area (TPSA) is 76.9 Å². The average molecular weight is 494 g/mol. The molecule has 1 aromatic heterocycles. The summed E-state index contributed by atoms with van der Waals surface area (Å²) in [5.41, 5.74) is 9.64. The van der Waals surface area contributed by atoms with Gasteiger partial charge in [-0.3, -0.25) is 5.43 Å². The number of nitrogens with zero attached hydrogens (tertiary/aromatic N) is 3. The Hall–Kier alpha value is -4.92. The zero-order valence-electron chi connectivity index (χ0n) is 19.1. The third kappa shape index (κ3) is 3.81. The van der Waals surface area contributed by atoms with E-state index >= 15 is 0 Å². The highest BCUT2D eigenvalue weighted by molar-refractivity contribution is 6.20. The molecular formula is C28H17F3N6. The molecule has 0 amide bonds. The molecule has 0 saturated heterocycles. The molecule has 5 aliphatic heterocycles. The van der Waals surface area contributed by atoms with Gasteiger partial charge in [-0.25, -0.2) is 15.0 Å². The number of rotatable bonds is 0. The first kappa shape index (κ1) is 21.4. The monoisotopic (exact) mass is 494 g/mol. The SMILES string of the molecule is FC(F)(F)C1=c2c(cccc2=c2cc3[nH]c2=CC2=NC(=CC4=NC(=CC5=NC(=C3)C=C5)C=C4)C=C2)NN1. The highest BCUT2D eigenvalue weighted by Gasteiger charge is 2.37. The zero-order chi connectivity index (χ0) is 25.1. The number of anilines is 1. The van der Waals surface area contributed by atoms with Crippen LogP contribution in [0.1, 0.15) is 5.69 Å². The molecule has 0 radical (unpaired) electrons. The van der Waals surface area contributed by atoms with Gasteiger partial charge in [-0.15, -0.1) is 0 Å². The Morgan fingerprint density at radius 1 is 0.649 bits per heavy atom. The van der Waals surface area contributed by atoms with Gasteiger partial charge in [-0.1, -0.05) is 12.1 Å². The maximum atomic E-state index is 13.9. The summed E-state index contributed by atoms with van der Waals surface area (Å²) in [7, 11) is 0. The Balaban J connectivity index is 1.56. The third-order valence-electron chi connectivity index (χ3n) is 6.32. The van der Waals surface area contributed by atoms with E-state index in [0.717, 1.165) is 22.8 Å². The molecule has 2 aromatic rings. The second-order valence-electron chi connectivity index (χ2n) is 8.86. The number of aromatic amines is 1. The largest absolute Gasteiger partial charge is 0.433 e. The van der Waals surface area contributed by atoms with E-state index in [1.165, 1.54) is 0 Å². The van der Waals surface area contributed by atoms with E-state index < -0.39 is 11.9 Å². The Morgan fingerprint density at radius 2 is 1.27 bits per heavy atom. The fraction of sp³-hybridized carbons (Fsp3) is 0.0357. The molecule has 8 bridgehead atoms. The van der Waals surface area contributed by atoms with E-state index in [4.69, 9.17) is 0 Å². The number of hydrazine groups is 1. The summed E-state index contributed by atoms with van der Waals surface area (Å²) in [4.78, 5) is 17.3. The maximum absolute atomic E-state index is 13.9. The lowest BCUT2D eigenvalue weighted by atomic mass is 10.1. The number of aromatic nitrogens is 1. The van der Waals surface area contributed by atoms with E-state index in [-0.39, 0.29) is 5.22 Å². The highest BCUT2D eigenvalue weighted by Crippen LogP contribution is 2.27. The Bertz CT molecular complexity index is 1900. The minimum Gasteiger partial charge on any atom is -0.355 e. The molecule has 180 valence electrons. The molecule has 0 aliphatic carbocycles. The van der Waals surface area contributed by atoms with Crippen molar-refractivity contribution in [2.24, 2.45) is 15.0 Å². The normalized spacial score (nSPS) is 19.8. The van der Waals surface area contributed by atoms with Gasteiger partial charge >= 0.3 is 6.18 Å². The van der Waals surface area contributed by atoms with Crippen LogP contribution in [0.25, 0.3) is 17.8 Å². The first-order valence-corrected chi connectivity index (χ1v) is 11.5. The molecule has 0 spiro atoms. The summed E-state index contributed by atoms with van der Waals surface area (Å²) < 4.78 is 41.6. The summed E-state index contributed by atoms with van der Waals surface area (Å²) >= 11 is 0. The van der Waals surface area contributed by atoms with E-state index in [2.05, 4.69) is 30.8 Å². The predicted molar refractivity (Wildman–Crippen MR) is 139 cm³/mol. The second kappa shape index (κ2) is 7.79. The molecule has 7 rings (SSSR count). The molecule has 0 atom stereocenters. The summed E-state index contributed by atoms with van der Waals surface area (Å²) in [5.74, 6) is 0. The van der Waals surface area contributed by atoms with Gasteiger partial charge in [0.2, 0.25) is 0 Å². The van der Waals surface area contributed by atoms with Crippen molar-refractivity contribution in [1.82, 2.24) is 10.4 Å². The maximum Gasteiger partial charge on any atom is 0.433 e. The molecule has 0 saturated carbocycles. The number of nitrogens with one attached hydrogen (secondary N) is 3. The number of halogens is 3. The Morgan fingerprint density at radius 3 is 1.92 bits per heavy atom. The Labute approximate surface area is 207 Å². The van der Waals surface area contributed by atoms with Crippen LogP contribution in [-0.4, -0.2) is 28.3 Å². The van der Waals surface area contributed by atoms with E-state index in [1.807, 2.05) is 66.8 Å². The van der Waals surface area contributed by atoms with E-state index in [0.29, 0.717) is 38.6 Å². The molecule has 5 aliphatic rings. The minimum atomic E-state index is -4.55. The molecule has 0 fully saturated rings. The molecule has 0 unspecified atom stereocenters. The van der Waals surface area contributed by atoms with E-state index in [9.17, 15) is 13.2 Å². The van der Waals surface area contributed by atoms with Gasteiger partial charge in [-0.2, -0.15) is 13.2 Å². The van der Waals surface area contributed by atoms with E-state index in [1.54, 1.807) is 18.2 Å². The molecule has 6 nitrogen and oxygen atoms in total. The van der Waals surface area contributed by atoms with Crippen LogP contribution in [0.5, 0.6) is 0 Å². The lowest BCUT2D eigenvalue weighted by molar-refractivity contribution is -0.0736. The molecule has 6 heterocycles. The van der Waals surface area contributed by atoms with Crippen LogP contribution in [-0.2, 0) is 0 Å². The molecular weight excluding hydrogens is 477 g/mol. The van der Waals surface area contributed by atoms with Crippen molar-refractivity contribution in [3.8, 4) is 0 Å². The smallest absolute Gasteiger partial charge is 0.355 e. The molecule has 1 aromatic carbocycles. The molecule has 9 heteroatoms. The number of hydrogen-bond acceptors (Lipinski definition) is 5. The quantitative estimate of drug-likeness (QED) is 0.521. The van der Waals surface area contributed by atoms with Crippen LogP contribution in [0.2, 0.25) is 0 Å². The number of fused-ring (bicyclic) bond motifs is 6. The van der Waals surface area contributed by atoms with Crippen LogP contribution in [0.4, 0.5) is 18.9 Å². The first-order chi connectivity index (χ1) is 17.9. The standard InChI is InChI=1S/C28H17F3N6/c29-28(30,31)27-26-22(2-1-3-24(26)36-37-27)23-13-21-12-19-7-6-17(33-19)10-15-4-5-16(32-15)11-18-8-9-20(34-18)14-25(23)35-21/h1-14,35-37H. The lowest BCUT2D eigenvalue weighted by Gasteiger charge is -2.07. The van der Waals surface area contributed by atoms with Crippen molar-refractivity contribution in [3.63, 3.8) is 0 Å². The van der Waals surface area contributed by atoms with Crippen LogP contribution < -0.4 is 21.4 Å². The summed E-state index contributed by atoms with van der Waals surface area (Å²) in [6, 6.07) is 6.87. The van der Waals surface area contributed by atoms with Crippen molar-refractivity contribution in [2.75, 3.05) is 5.43 Å². The van der Waals surface area contributed by atoms with Crippen molar-refractivity contribution in [2.45, 2.75) is 6.18 Å². The zero-order valence-corrected chi connectivity index (χ0v) is 19.1. The van der Waals surface area contributed by atoms with Gasteiger partial charge in [0.05, 0.1) is 39.9 Å². The number of benzene rings is 1. The third-order valence-corrected chi connectivity index (χ3v) is 6.32. The molecule has 3 N–H and O–H groups in total. The highest BCUT2D eigenvalue weighted by atomic mass is 19.4. The van der Waals surface area contributed by atoms with Gasteiger partial charge in [0.25, 0.3) is 0 Å². The van der Waals surface area contributed by atoms with Crippen molar-refractivity contribution in [1.29, 1.82) is 0 Å². The van der Waals surface area contributed by atoms with Crippen molar-refractivity contribution in [3.05, 3.63) is 117 Å². The van der Waals surface area contributed by atoms with Gasteiger partial charge in [-0.05, 0) is 78.1 Å². The van der Waals surface area contributed by atoms with Gasteiger partial charge in [0.1, 0.15) is 5.70 Å². The molecule has 37 heavy (non-hydrogen) atoms. The number of hydrogen-bond donors (Lipinski definition) is 3. The van der Waals surface area contributed by atoms with Crippen LogP contribution in [0, 0.1) is 10.4 Å². The van der Waals surface area contributed by atoms with Crippen LogP contribution in [0.15, 0.2) is 105 Å². The summed E-state index contributed by atoms with van der Waals surface area (Å²) in [6.07, 6.45) is 14.3. The average Bonchev–Trinajstić information content (AvgIpc) is 3.66. The fourth-order valence-corrected chi connectivity index (χ4v) is 4.74. The lowest BCUT2D eigenvalue weighted by Crippen LogP contribution is -2.27. The van der Waals surface area contributed by atoms with Gasteiger partial charge in [0, 0.05) is 21.5 Å². The van der Waals surface area contributed by atoms with Gasteiger partial charge < -0.3 is 10.4 Å². The summed E-state index contributed by atoms with van der Waals surface area (Å²) in [6.45, 7) is 0. The minimum absolute atomic E-state index is 0.0757.